The summed E-state index contributed by atoms with van der Waals surface area (Å²) in [5.41, 5.74) is 8.93. The molecule has 0 saturated carbocycles. The second-order valence-electron chi connectivity index (χ2n) is 5.31. The summed E-state index contributed by atoms with van der Waals surface area (Å²) in [6, 6.07) is 8.68. The normalized spacial score (nSPS) is 12.7. The number of aromatic nitrogens is 2. The van der Waals surface area contributed by atoms with Crippen LogP contribution in [-0.2, 0) is 0 Å². The molecule has 2 aromatic rings. The second kappa shape index (κ2) is 5.87. The van der Waals surface area contributed by atoms with Crippen LogP contribution in [0.15, 0.2) is 28.7 Å². The van der Waals surface area contributed by atoms with E-state index in [1.807, 2.05) is 23.7 Å². The summed E-state index contributed by atoms with van der Waals surface area (Å²) < 4.78 is 3.02. The van der Waals surface area contributed by atoms with Gasteiger partial charge in [0.1, 0.15) is 5.82 Å². The first-order valence-electron chi connectivity index (χ1n) is 6.76. The van der Waals surface area contributed by atoms with Crippen LogP contribution in [0.2, 0.25) is 0 Å². The smallest absolute Gasteiger partial charge is 0.148 e. The number of nitrogens with zero attached hydrogens (tertiary/aromatic N) is 2. The Labute approximate surface area is 128 Å². The van der Waals surface area contributed by atoms with Gasteiger partial charge >= 0.3 is 0 Å². The van der Waals surface area contributed by atoms with Crippen molar-refractivity contribution in [3.8, 4) is 0 Å². The fraction of sp³-hybridized carbons (Fsp3) is 0.400. The molecule has 5 heteroatoms. The van der Waals surface area contributed by atoms with Crippen LogP contribution in [0.5, 0.6) is 0 Å². The van der Waals surface area contributed by atoms with Gasteiger partial charge in [0.05, 0.1) is 17.4 Å². The van der Waals surface area contributed by atoms with Crippen molar-refractivity contribution in [1.82, 2.24) is 9.78 Å². The van der Waals surface area contributed by atoms with E-state index < -0.39 is 0 Å². The molecular weight excluding hydrogens is 316 g/mol. The highest BCUT2D eigenvalue weighted by Gasteiger charge is 2.17. The highest BCUT2D eigenvalue weighted by Crippen LogP contribution is 2.29. The Morgan fingerprint density at radius 3 is 2.60 bits per heavy atom. The van der Waals surface area contributed by atoms with E-state index in [9.17, 15) is 0 Å². The van der Waals surface area contributed by atoms with E-state index >= 15 is 0 Å². The summed E-state index contributed by atoms with van der Waals surface area (Å²) in [6.07, 6.45) is 0. The van der Waals surface area contributed by atoms with Crippen molar-refractivity contribution >= 4 is 27.4 Å². The Morgan fingerprint density at radius 2 is 2.00 bits per heavy atom. The van der Waals surface area contributed by atoms with Gasteiger partial charge in [-0.3, -0.25) is 0 Å². The van der Waals surface area contributed by atoms with Gasteiger partial charge in [-0.2, -0.15) is 5.10 Å². The average Bonchev–Trinajstić information content (AvgIpc) is 2.67. The molecule has 1 aromatic carbocycles. The third kappa shape index (κ3) is 2.98. The molecule has 1 unspecified atom stereocenters. The molecule has 3 N–H and O–H groups in total. The number of hydrogen-bond donors (Lipinski definition) is 2. The lowest BCUT2D eigenvalue weighted by molar-refractivity contribution is 0.532. The largest absolute Gasteiger partial charge is 0.394 e. The Hall–Kier alpha value is -1.49. The number of aryl methyl sites for hydroxylation is 1. The average molecular weight is 337 g/mol. The van der Waals surface area contributed by atoms with Gasteiger partial charge in [-0.15, -0.1) is 0 Å². The lowest BCUT2D eigenvalue weighted by Gasteiger charge is -2.19. The zero-order valence-corrected chi connectivity index (χ0v) is 13.9. The van der Waals surface area contributed by atoms with Crippen LogP contribution in [-0.4, -0.2) is 9.78 Å². The highest BCUT2D eigenvalue weighted by atomic mass is 79.9. The summed E-state index contributed by atoms with van der Waals surface area (Å²) in [5.74, 6) is 0.893. The van der Waals surface area contributed by atoms with Gasteiger partial charge in [0, 0.05) is 10.5 Å². The van der Waals surface area contributed by atoms with Crippen molar-refractivity contribution < 1.29 is 0 Å². The maximum atomic E-state index is 6.14. The molecule has 108 valence electrons. The number of nitrogens with two attached hydrogens (primary N) is 1. The van der Waals surface area contributed by atoms with Gasteiger partial charge in [0.25, 0.3) is 0 Å². The fourth-order valence-electron chi connectivity index (χ4n) is 2.14. The van der Waals surface area contributed by atoms with E-state index in [4.69, 9.17) is 5.73 Å². The van der Waals surface area contributed by atoms with Gasteiger partial charge in [0.15, 0.2) is 0 Å². The number of nitrogen functional groups attached to an aromatic ring is 1. The van der Waals surface area contributed by atoms with Crippen LogP contribution < -0.4 is 11.1 Å². The number of nitrogens with one attached hydrogen (secondary N) is 1. The van der Waals surface area contributed by atoms with Crippen LogP contribution in [0.3, 0.4) is 0 Å². The van der Waals surface area contributed by atoms with Crippen molar-refractivity contribution in [2.45, 2.75) is 39.8 Å². The monoisotopic (exact) mass is 336 g/mol. The van der Waals surface area contributed by atoms with Crippen LogP contribution in [0.4, 0.5) is 11.5 Å². The van der Waals surface area contributed by atoms with Crippen LogP contribution in [0.25, 0.3) is 0 Å². The standard InChI is InChI=1S/C15H21BrN4/c1-9(2)20-15(14(17)11(4)19-20)18-10(3)12-6-5-7-13(16)8-12/h5-10,18H,17H2,1-4H3. The van der Waals surface area contributed by atoms with Gasteiger partial charge < -0.3 is 11.1 Å². The molecule has 20 heavy (non-hydrogen) atoms. The molecule has 0 amide bonds. The van der Waals surface area contributed by atoms with Crippen molar-refractivity contribution in [2.75, 3.05) is 11.1 Å². The van der Waals surface area contributed by atoms with Gasteiger partial charge in [-0.25, -0.2) is 4.68 Å². The van der Waals surface area contributed by atoms with Crippen LogP contribution >= 0.6 is 15.9 Å². The van der Waals surface area contributed by atoms with Gasteiger partial charge in [0.2, 0.25) is 0 Å². The first-order chi connectivity index (χ1) is 9.40. The van der Waals surface area contributed by atoms with Crippen molar-refractivity contribution in [2.24, 2.45) is 0 Å². The Morgan fingerprint density at radius 1 is 1.30 bits per heavy atom. The van der Waals surface area contributed by atoms with E-state index in [1.54, 1.807) is 0 Å². The molecule has 0 fully saturated rings. The molecule has 0 aliphatic heterocycles. The van der Waals surface area contributed by atoms with Crippen molar-refractivity contribution in [3.05, 3.63) is 40.0 Å². The molecule has 0 aliphatic rings. The molecule has 0 spiro atoms. The predicted molar refractivity (Wildman–Crippen MR) is 87.9 cm³/mol. The van der Waals surface area contributed by atoms with Crippen LogP contribution in [0.1, 0.15) is 44.1 Å². The number of hydrogen-bond acceptors (Lipinski definition) is 3. The van der Waals surface area contributed by atoms with E-state index in [0.29, 0.717) is 0 Å². The Bertz CT molecular complexity index is 604. The van der Waals surface area contributed by atoms with Crippen molar-refractivity contribution in [3.63, 3.8) is 0 Å². The summed E-state index contributed by atoms with van der Waals surface area (Å²) in [6.45, 7) is 8.25. The van der Waals surface area contributed by atoms with Gasteiger partial charge in [-0.1, -0.05) is 28.1 Å². The van der Waals surface area contributed by atoms with Crippen LogP contribution in [0, 0.1) is 6.92 Å². The number of halogens is 1. The number of rotatable bonds is 4. The van der Waals surface area contributed by atoms with Gasteiger partial charge in [-0.05, 0) is 45.4 Å². The number of anilines is 2. The molecule has 0 bridgehead atoms. The molecule has 4 nitrogen and oxygen atoms in total. The third-order valence-electron chi connectivity index (χ3n) is 3.32. The molecule has 0 saturated heterocycles. The summed E-state index contributed by atoms with van der Waals surface area (Å²) in [5, 5.41) is 7.97. The topological polar surface area (TPSA) is 55.9 Å². The number of benzene rings is 1. The zero-order chi connectivity index (χ0) is 14.9. The fourth-order valence-corrected chi connectivity index (χ4v) is 2.56. The second-order valence-corrected chi connectivity index (χ2v) is 6.22. The first kappa shape index (κ1) is 14.9. The highest BCUT2D eigenvalue weighted by molar-refractivity contribution is 9.10. The predicted octanol–water partition coefficient (Wildman–Crippen LogP) is 4.29. The Balaban J connectivity index is 2.30. The SMILES string of the molecule is Cc1nn(C(C)C)c(NC(C)c2cccc(Br)c2)c1N. The minimum atomic E-state index is 0.156. The summed E-state index contributed by atoms with van der Waals surface area (Å²) >= 11 is 3.50. The summed E-state index contributed by atoms with van der Waals surface area (Å²) in [7, 11) is 0. The summed E-state index contributed by atoms with van der Waals surface area (Å²) in [4.78, 5) is 0. The maximum absolute atomic E-state index is 6.14. The van der Waals surface area contributed by atoms with Crippen molar-refractivity contribution in [1.29, 1.82) is 0 Å². The molecule has 0 radical (unpaired) electrons. The van der Waals surface area contributed by atoms with E-state index in [1.165, 1.54) is 5.56 Å². The Kier molecular flexibility index (Phi) is 4.38. The lowest BCUT2D eigenvalue weighted by atomic mass is 10.1. The molecule has 1 heterocycles. The molecular formula is C15H21BrN4. The lowest BCUT2D eigenvalue weighted by Crippen LogP contribution is -2.14. The molecule has 1 aromatic heterocycles. The molecule has 1 atom stereocenters. The molecule has 0 aliphatic carbocycles. The maximum Gasteiger partial charge on any atom is 0.148 e. The molecule has 2 rings (SSSR count). The van der Waals surface area contributed by atoms with E-state index in [2.05, 4.69) is 59.2 Å². The quantitative estimate of drug-likeness (QED) is 0.875. The minimum absolute atomic E-state index is 0.156. The van der Waals surface area contributed by atoms with E-state index in [0.717, 1.165) is 21.7 Å². The minimum Gasteiger partial charge on any atom is -0.394 e. The first-order valence-corrected chi connectivity index (χ1v) is 7.56. The third-order valence-corrected chi connectivity index (χ3v) is 3.82. The van der Waals surface area contributed by atoms with E-state index in [-0.39, 0.29) is 12.1 Å². The zero-order valence-electron chi connectivity index (χ0n) is 12.3.